The molecule has 5 nitrogen and oxygen atoms in total. The first-order valence-corrected chi connectivity index (χ1v) is 7.03. The number of carbonyl (C=O) groups is 1. The highest BCUT2D eigenvalue weighted by Crippen LogP contribution is 2.27. The van der Waals surface area contributed by atoms with Crippen molar-refractivity contribution in [3.63, 3.8) is 0 Å². The summed E-state index contributed by atoms with van der Waals surface area (Å²) in [5.41, 5.74) is 0.891. The number of thioether (sulfide) groups is 1. The minimum atomic E-state index is -0.889. The van der Waals surface area contributed by atoms with Gasteiger partial charge in [-0.05, 0) is 0 Å². The van der Waals surface area contributed by atoms with E-state index in [1.165, 1.54) is 18.1 Å². The number of nitrogens with zero attached hydrogens (tertiary/aromatic N) is 3. The summed E-state index contributed by atoms with van der Waals surface area (Å²) in [7, 11) is 0. The fourth-order valence-corrected chi connectivity index (χ4v) is 2.54. The lowest BCUT2D eigenvalue weighted by Gasteiger charge is -2.25. The Bertz CT molecular complexity index is 523. The molecule has 0 spiro atoms. The van der Waals surface area contributed by atoms with Crippen LogP contribution in [0.4, 0.5) is 5.82 Å². The second kappa shape index (κ2) is 5.21. The van der Waals surface area contributed by atoms with Crippen LogP contribution in [0.25, 0.3) is 0 Å². The summed E-state index contributed by atoms with van der Waals surface area (Å²) in [6, 6.07) is 1.92. The van der Waals surface area contributed by atoms with E-state index >= 15 is 0 Å². The lowest BCUT2D eigenvalue weighted by atomic mass is 9.92. The van der Waals surface area contributed by atoms with Crippen LogP contribution in [0.1, 0.15) is 26.5 Å². The fourth-order valence-electron chi connectivity index (χ4n) is 1.71. The first-order chi connectivity index (χ1) is 8.88. The molecular formula is C13H17N3O2S. The van der Waals surface area contributed by atoms with Gasteiger partial charge in [-0.3, -0.25) is 0 Å². The third kappa shape index (κ3) is 3.26. The average molecular weight is 279 g/mol. The molecular weight excluding hydrogens is 262 g/mol. The average Bonchev–Trinajstić information content (AvgIpc) is 2.38. The molecule has 0 unspecified atom stereocenters. The van der Waals surface area contributed by atoms with Gasteiger partial charge < -0.3 is 10.0 Å². The molecule has 0 atom stereocenters. The minimum Gasteiger partial charge on any atom is -0.477 e. The summed E-state index contributed by atoms with van der Waals surface area (Å²) in [5.74, 6) is 0.603. The highest BCUT2D eigenvalue weighted by molar-refractivity contribution is 8.04. The van der Waals surface area contributed by atoms with Crippen molar-refractivity contribution in [2.45, 2.75) is 26.2 Å². The van der Waals surface area contributed by atoms with Crippen molar-refractivity contribution in [1.82, 2.24) is 9.97 Å². The van der Waals surface area contributed by atoms with Gasteiger partial charge in [0.15, 0.2) is 0 Å². The van der Waals surface area contributed by atoms with Crippen LogP contribution in [0.15, 0.2) is 23.5 Å². The first kappa shape index (κ1) is 13.9. The smallest absolute Gasteiger partial charge is 0.343 e. The van der Waals surface area contributed by atoms with Crippen molar-refractivity contribution in [3.05, 3.63) is 29.2 Å². The Labute approximate surface area is 116 Å². The predicted molar refractivity (Wildman–Crippen MR) is 76.3 cm³/mol. The van der Waals surface area contributed by atoms with Gasteiger partial charge in [-0.2, -0.15) is 0 Å². The van der Waals surface area contributed by atoms with Gasteiger partial charge in [0.1, 0.15) is 17.1 Å². The number of anilines is 1. The molecule has 0 saturated carbocycles. The van der Waals surface area contributed by atoms with Crippen LogP contribution in [0.5, 0.6) is 0 Å². The number of aromatic nitrogens is 2. The molecule has 0 aromatic carbocycles. The zero-order valence-corrected chi connectivity index (χ0v) is 12.1. The summed E-state index contributed by atoms with van der Waals surface area (Å²) >= 11 is 1.36. The molecule has 0 fully saturated rings. The highest BCUT2D eigenvalue weighted by atomic mass is 32.2. The molecule has 0 saturated heterocycles. The molecule has 0 amide bonds. The quantitative estimate of drug-likeness (QED) is 0.895. The molecule has 1 aliphatic rings. The maximum atomic E-state index is 11.0. The Balaban J connectivity index is 2.32. The largest absolute Gasteiger partial charge is 0.477 e. The third-order valence-electron chi connectivity index (χ3n) is 2.79. The van der Waals surface area contributed by atoms with Crippen molar-refractivity contribution in [2.75, 3.05) is 17.2 Å². The van der Waals surface area contributed by atoms with E-state index in [1.54, 1.807) is 6.20 Å². The van der Waals surface area contributed by atoms with Crippen LogP contribution < -0.4 is 4.90 Å². The molecule has 1 N–H and O–H groups in total. The van der Waals surface area contributed by atoms with Gasteiger partial charge in [0.2, 0.25) is 0 Å². The number of hydrogen-bond donors (Lipinski definition) is 1. The molecule has 19 heavy (non-hydrogen) atoms. The maximum absolute atomic E-state index is 11.0. The van der Waals surface area contributed by atoms with E-state index in [9.17, 15) is 4.79 Å². The van der Waals surface area contributed by atoms with Crippen LogP contribution in [-0.4, -0.2) is 33.3 Å². The molecule has 1 aromatic rings. The predicted octanol–water partition coefficient (Wildman–Crippen LogP) is 2.25. The standard InChI is InChI=1S/C13H17N3O2S/c1-13(2,3)10-6-11(15-8-14-10)16-4-5-19-9(7-16)12(17)18/h6-8H,4-5H2,1-3H3,(H,17,18). The molecule has 0 radical (unpaired) electrons. The van der Waals surface area contributed by atoms with Crippen molar-refractivity contribution in [1.29, 1.82) is 0 Å². The number of carboxylic acids is 1. The maximum Gasteiger partial charge on any atom is 0.343 e. The molecule has 0 bridgehead atoms. The highest BCUT2D eigenvalue weighted by Gasteiger charge is 2.21. The Morgan fingerprint density at radius 1 is 1.42 bits per heavy atom. The number of hydrogen-bond acceptors (Lipinski definition) is 5. The lowest BCUT2D eigenvalue weighted by Crippen LogP contribution is -2.26. The van der Waals surface area contributed by atoms with Gasteiger partial charge in [-0.15, -0.1) is 11.8 Å². The van der Waals surface area contributed by atoms with Crippen molar-refractivity contribution in [2.24, 2.45) is 0 Å². The fraction of sp³-hybridized carbons (Fsp3) is 0.462. The molecule has 6 heteroatoms. The molecule has 1 aliphatic heterocycles. The van der Waals surface area contributed by atoms with Crippen molar-refractivity contribution < 1.29 is 9.90 Å². The SMILES string of the molecule is CC(C)(C)c1cc(N2C=C(C(=O)O)SCC2)ncn1. The number of rotatable bonds is 2. The van der Waals surface area contributed by atoms with Gasteiger partial charge in [0.05, 0.1) is 5.69 Å². The van der Waals surface area contributed by atoms with Gasteiger partial charge in [0, 0.05) is 30.0 Å². The summed E-state index contributed by atoms with van der Waals surface area (Å²) in [5, 5.41) is 9.04. The van der Waals surface area contributed by atoms with Crippen LogP contribution in [0, 0.1) is 0 Å². The molecule has 1 aromatic heterocycles. The van der Waals surface area contributed by atoms with Gasteiger partial charge >= 0.3 is 5.97 Å². The van der Waals surface area contributed by atoms with E-state index in [-0.39, 0.29) is 5.41 Å². The third-order valence-corrected chi connectivity index (χ3v) is 3.77. The van der Waals surface area contributed by atoms with Gasteiger partial charge in [0.25, 0.3) is 0 Å². The number of carboxylic acid groups (broad SMARTS) is 1. The van der Waals surface area contributed by atoms with E-state index < -0.39 is 5.97 Å². The Morgan fingerprint density at radius 3 is 2.79 bits per heavy atom. The second-order valence-electron chi connectivity index (χ2n) is 5.35. The van der Waals surface area contributed by atoms with Crippen LogP contribution in [0.2, 0.25) is 0 Å². The summed E-state index contributed by atoms with van der Waals surface area (Å²) in [6.45, 7) is 7.01. The lowest BCUT2D eigenvalue weighted by molar-refractivity contribution is -0.131. The summed E-state index contributed by atoms with van der Waals surface area (Å²) < 4.78 is 0. The molecule has 102 valence electrons. The Hall–Kier alpha value is -1.56. The molecule has 2 heterocycles. The molecule has 0 aliphatic carbocycles. The number of aliphatic carboxylic acids is 1. The molecule has 2 rings (SSSR count). The van der Waals surface area contributed by atoms with E-state index in [0.29, 0.717) is 4.91 Å². The first-order valence-electron chi connectivity index (χ1n) is 6.05. The summed E-state index contributed by atoms with van der Waals surface area (Å²) in [4.78, 5) is 21.7. The van der Waals surface area contributed by atoms with Crippen molar-refractivity contribution in [3.8, 4) is 0 Å². The second-order valence-corrected chi connectivity index (χ2v) is 6.49. The zero-order chi connectivity index (χ0) is 14.0. The zero-order valence-electron chi connectivity index (χ0n) is 11.3. The Kier molecular flexibility index (Phi) is 3.80. The van der Waals surface area contributed by atoms with E-state index in [2.05, 4.69) is 30.7 Å². The van der Waals surface area contributed by atoms with Crippen LogP contribution in [-0.2, 0) is 10.2 Å². The van der Waals surface area contributed by atoms with E-state index in [1.807, 2.05) is 11.0 Å². The van der Waals surface area contributed by atoms with Crippen molar-refractivity contribution >= 4 is 23.5 Å². The van der Waals surface area contributed by atoms with Gasteiger partial charge in [-0.1, -0.05) is 20.8 Å². The Morgan fingerprint density at radius 2 is 2.16 bits per heavy atom. The van der Waals surface area contributed by atoms with Gasteiger partial charge in [-0.25, -0.2) is 14.8 Å². The topological polar surface area (TPSA) is 66.3 Å². The normalized spacial score (nSPS) is 16.2. The minimum absolute atomic E-state index is 0.0540. The monoisotopic (exact) mass is 279 g/mol. The van der Waals surface area contributed by atoms with Crippen LogP contribution >= 0.6 is 11.8 Å². The van der Waals surface area contributed by atoms with E-state index in [4.69, 9.17) is 5.11 Å². The van der Waals surface area contributed by atoms with Crippen LogP contribution in [0.3, 0.4) is 0 Å². The van der Waals surface area contributed by atoms with E-state index in [0.717, 1.165) is 23.8 Å². The summed E-state index contributed by atoms with van der Waals surface area (Å²) in [6.07, 6.45) is 3.18.